The lowest BCUT2D eigenvalue weighted by Crippen LogP contribution is -2.12. The van der Waals surface area contributed by atoms with E-state index in [4.69, 9.17) is 0 Å². The minimum Gasteiger partial charge on any atom is -0.466 e. The van der Waals surface area contributed by atoms with Crippen LogP contribution in [0.15, 0.2) is 71.6 Å². The molecule has 0 unspecified atom stereocenters. The third kappa shape index (κ3) is 5.00. The number of carbonyl (C=O) groups is 1. The van der Waals surface area contributed by atoms with Gasteiger partial charge in [-0.05, 0) is 36.4 Å². The highest BCUT2D eigenvalue weighted by Crippen LogP contribution is 2.16. The van der Waals surface area contributed by atoms with Crippen LogP contribution in [-0.2, 0) is 19.6 Å². The number of methoxy groups -OCH3 is 1. The van der Waals surface area contributed by atoms with Crippen molar-refractivity contribution in [3.05, 3.63) is 72.3 Å². The highest BCUT2D eigenvalue weighted by atomic mass is 32.2. The molecule has 0 aliphatic rings. The molecule has 0 amide bonds. The lowest BCUT2D eigenvalue weighted by atomic mass is 10.2. The number of nitrogens with one attached hydrogen (secondary N) is 1. The van der Waals surface area contributed by atoms with Crippen molar-refractivity contribution >= 4 is 21.7 Å². The van der Waals surface area contributed by atoms with Gasteiger partial charge in [-0.3, -0.25) is 4.72 Å². The van der Waals surface area contributed by atoms with Crippen LogP contribution in [0.1, 0.15) is 5.56 Å². The van der Waals surface area contributed by atoms with Crippen LogP contribution in [0.3, 0.4) is 0 Å². The van der Waals surface area contributed by atoms with Crippen molar-refractivity contribution in [1.29, 1.82) is 0 Å². The first-order valence-electron chi connectivity index (χ1n) is 6.95. The number of esters is 1. The molecule has 24 heavy (non-hydrogen) atoms. The van der Waals surface area contributed by atoms with Gasteiger partial charge in [0.05, 0.1) is 12.0 Å². The van der Waals surface area contributed by atoms with E-state index < -0.39 is 16.0 Å². The van der Waals surface area contributed by atoms with Crippen molar-refractivity contribution in [2.45, 2.75) is 4.90 Å². The summed E-state index contributed by atoms with van der Waals surface area (Å²) in [5.74, 6) is 4.91. The van der Waals surface area contributed by atoms with Crippen molar-refractivity contribution < 1.29 is 17.9 Å². The molecule has 6 heteroatoms. The molecule has 0 aliphatic heterocycles. The van der Waals surface area contributed by atoms with E-state index >= 15 is 0 Å². The highest BCUT2D eigenvalue weighted by molar-refractivity contribution is 7.92. The van der Waals surface area contributed by atoms with Gasteiger partial charge in [0.25, 0.3) is 10.0 Å². The van der Waals surface area contributed by atoms with Gasteiger partial charge in [0.1, 0.15) is 0 Å². The molecule has 122 valence electrons. The molecule has 2 aromatic rings. The second-order valence-electron chi connectivity index (χ2n) is 4.63. The van der Waals surface area contributed by atoms with Crippen LogP contribution in [-0.4, -0.2) is 21.5 Å². The van der Waals surface area contributed by atoms with Crippen molar-refractivity contribution in [3.8, 4) is 11.8 Å². The van der Waals surface area contributed by atoms with Gasteiger partial charge in [-0.2, -0.15) is 0 Å². The van der Waals surface area contributed by atoms with Gasteiger partial charge >= 0.3 is 5.97 Å². The molecule has 5 nitrogen and oxygen atoms in total. The normalized spacial score (nSPS) is 10.7. The summed E-state index contributed by atoms with van der Waals surface area (Å²) in [7, 11) is -2.42. The molecule has 2 aromatic carbocycles. The van der Waals surface area contributed by atoms with Crippen LogP contribution in [0, 0.1) is 11.8 Å². The first-order valence-corrected chi connectivity index (χ1v) is 8.43. The SMILES string of the molecule is COC(=O)C=CC#Cc1cccc(S(=O)(=O)Nc2ccccc2)c1. The molecule has 0 heterocycles. The summed E-state index contributed by atoms with van der Waals surface area (Å²) in [6.07, 6.45) is 2.53. The zero-order valence-corrected chi connectivity index (χ0v) is 13.7. The van der Waals surface area contributed by atoms with E-state index in [1.54, 1.807) is 42.5 Å². The fourth-order valence-corrected chi connectivity index (χ4v) is 2.87. The highest BCUT2D eigenvalue weighted by Gasteiger charge is 2.13. The first kappa shape index (κ1) is 17.3. The number of para-hydroxylation sites is 1. The topological polar surface area (TPSA) is 72.5 Å². The maximum Gasteiger partial charge on any atom is 0.331 e. The molecule has 0 atom stereocenters. The Morgan fingerprint density at radius 1 is 1.12 bits per heavy atom. The Labute approximate surface area is 141 Å². The van der Waals surface area contributed by atoms with Gasteiger partial charge in [0, 0.05) is 17.3 Å². The molecule has 2 rings (SSSR count). The summed E-state index contributed by atoms with van der Waals surface area (Å²) in [6, 6.07) is 14.9. The summed E-state index contributed by atoms with van der Waals surface area (Å²) in [6.45, 7) is 0. The lowest BCUT2D eigenvalue weighted by Gasteiger charge is -2.08. The number of anilines is 1. The Hall–Kier alpha value is -3.04. The summed E-state index contributed by atoms with van der Waals surface area (Å²) in [4.78, 5) is 11.0. The average molecular weight is 341 g/mol. The summed E-state index contributed by atoms with van der Waals surface area (Å²) < 4.78 is 31.7. The maximum atomic E-state index is 12.4. The van der Waals surface area contributed by atoms with E-state index in [2.05, 4.69) is 21.3 Å². The van der Waals surface area contributed by atoms with Gasteiger partial charge in [-0.25, -0.2) is 13.2 Å². The van der Waals surface area contributed by atoms with Gasteiger partial charge < -0.3 is 4.74 Å². The summed E-state index contributed by atoms with van der Waals surface area (Å²) in [5, 5.41) is 0. The van der Waals surface area contributed by atoms with E-state index in [0.717, 1.165) is 0 Å². The van der Waals surface area contributed by atoms with Gasteiger partial charge in [0.2, 0.25) is 0 Å². The summed E-state index contributed by atoms with van der Waals surface area (Å²) >= 11 is 0. The molecule has 0 spiro atoms. The maximum absolute atomic E-state index is 12.4. The van der Waals surface area contributed by atoms with Crippen molar-refractivity contribution in [2.24, 2.45) is 0 Å². The third-order valence-electron chi connectivity index (χ3n) is 2.89. The smallest absolute Gasteiger partial charge is 0.331 e. The number of hydrogen-bond acceptors (Lipinski definition) is 4. The number of sulfonamides is 1. The molecule has 0 bridgehead atoms. The Balaban J connectivity index is 2.19. The largest absolute Gasteiger partial charge is 0.466 e. The van der Waals surface area contributed by atoms with Crippen LogP contribution in [0.4, 0.5) is 5.69 Å². The van der Waals surface area contributed by atoms with E-state index in [0.29, 0.717) is 11.3 Å². The second kappa shape index (κ2) is 7.99. The third-order valence-corrected chi connectivity index (χ3v) is 4.27. The number of carbonyl (C=O) groups excluding carboxylic acids is 1. The Kier molecular flexibility index (Phi) is 5.77. The first-order chi connectivity index (χ1) is 11.5. The Bertz CT molecular complexity index is 907. The van der Waals surface area contributed by atoms with E-state index in [9.17, 15) is 13.2 Å². The lowest BCUT2D eigenvalue weighted by molar-refractivity contribution is -0.134. The predicted molar refractivity (Wildman–Crippen MR) is 91.7 cm³/mol. The van der Waals surface area contributed by atoms with E-state index in [1.807, 2.05) is 0 Å². The van der Waals surface area contributed by atoms with Crippen LogP contribution in [0.5, 0.6) is 0 Å². The van der Waals surface area contributed by atoms with Crippen molar-refractivity contribution in [1.82, 2.24) is 0 Å². The molecular weight excluding hydrogens is 326 g/mol. The Morgan fingerprint density at radius 2 is 1.88 bits per heavy atom. The number of hydrogen-bond donors (Lipinski definition) is 1. The summed E-state index contributed by atoms with van der Waals surface area (Å²) in [5.41, 5.74) is 0.996. The van der Waals surface area contributed by atoms with Gasteiger partial charge in [0.15, 0.2) is 0 Å². The Morgan fingerprint density at radius 3 is 2.58 bits per heavy atom. The van der Waals surface area contributed by atoms with Crippen molar-refractivity contribution in [2.75, 3.05) is 11.8 Å². The molecule has 1 N–H and O–H groups in total. The van der Waals surface area contributed by atoms with E-state index in [-0.39, 0.29) is 4.90 Å². The number of ether oxygens (including phenoxy) is 1. The van der Waals surface area contributed by atoms with Gasteiger partial charge in [-0.15, -0.1) is 0 Å². The monoisotopic (exact) mass is 341 g/mol. The van der Waals surface area contributed by atoms with Gasteiger partial charge in [-0.1, -0.05) is 36.1 Å². The number of benzene rings is 2. The standard InChI is InChI=1S/C18H15NO4S/c1-23-18(20)13-6-5-8-15-9-7-12-17(14-15)24(21,22)19-16-10-3-2-4-11-16/h2-4,6-7,9-14,19H,1H3. The number of allylic oxidation sites excluding steroid dienone is 1. The average Bonchev–Trinajstić information content (AvgIpc) is 2.59. The molecule has 0 saturated carbocycles. The quantitative estimate of drug-likeness (QED) is 0.527. The molecule has 0 aromatic heterocycles. The molecule has 0 fully saturated rings. The van der Waals surface area contributed by atoms with E-state index in [1.165, 1.54) is 31.4 Å². The fraction of sp³-hybridized carbons (Fsp3) is 0.0556. The minimum atomic E-state index is -3.69. The second-order valence-corrected chi connectivity index (χ2v) is 6.31. The van der Waals surface area contributed by atoms with Crippen LogP contribution in [0.25, 0.3) is 0 Å². The van der Waals surface area contributed by atoms with Crippen LogP contribution < -0.4 is 4.72 Å². The molecule has 0 aliphatic carbocycles. The zero-order valence-electron chi connectivity index (χ0n) is 12.9. The van der Waals surface area contributed by atoms with Crippen LogP contribution >= 0.6 is 0 Å². The zero-order chi connectivity index (χ0) is 17.4. The fourth-order valence-electron chi connectivity index (χ4n) is 1.76. The molecular formula is C18H15NO4S. The predicted octanol–water partition coefficient (Wildman–Crippen LogP) is 2.57. The molecule has 0 radical (unpaired) electrons. The molecule has 0 saturated heterocycles. The van der Waals surface area contributed by atoms with Crippen molar-refractivity contribution in [3.63, 3.8) is 0 Å². The minimum absolute atomic E-state index is 0.107. The van der Waals surface area contributed by atoms with Crippen LogP contribution in [0.2, 0.25) is 0 Å². The number of rotatable bonds is 4.